The molecule has 0 spiro atoms. The molecule has 8 nitrogen and oxygen atoms in total. The zero-order valence-corrected chi connectivity index (χ0v) is 21.5. The number of hydrogen-bond donors (Lipinski definition) is 2. The quantitative estimate of drug-likeness (QED) is 0.481. The van der Waals surface area contributed by atoms with E-state index in [1.807, 2.05) is 6.92 Å². The first kappa shape index (κ1) is 28.7. The molecule has 0 atom stereocenters. The van der Waals surface area contributed by atoms with Crippen LogP contribution in [0.4, 0.5) is 8.78 Å². The second kappa shape index (κ2) is 12.0. The lowest BCUT2D eigenvalue weighted by Crippen LogP contribution is -2.44. The predicted molar refractivity (Wildman–Crippen MR) is 130 cm³/mol. The summed E-state index contributed by atoms with van der Waals surface area (Å²) in [6.07, 6.45) is 2.17. The minimum atomic E-state index is -2.50. The van der Waals surface area contributed by atoms with Crippen molar-refractivity contribution in [3.8, 4) is 0 Å². The largest absolute Gasteiger partial charge is 0.478 e. The molecule has 0 bridgehead atoms. The second-order valence-electron chi connectivity index (χ2n) is 9.33. The van der Waals surface area contributed by atoms with Crippen molar-refractivity contribution < 1.29 is 33.3 Å². The summed E-state index contributed by atoms with van der Waals surface area (Å²) in [6, 6.07) is 2.14. The van der Waals surface area contributed by atoms with Crippen molar-refractivity contribution in [1.29, 1.82) is 0 Å². The normalized spacial score (nSPS) is 16.5. The van der Waals surface area contributed by atoms with Gasteiger partial charge in [-0.15, -0.1) is 11.3 Å². The van der Waals surface area contributed by atoms with E-state index in [2.05, 4.69) is 41.8 Å². The number of methoxy groups -OCH3 is 1. The number of carbonyl (C=O) groups is 2. The molecule has 2 N–H and O–H groups in total. The molecule has 2 heterocycles. The summed E-state index contributed by atoms with van der Waals surface area (Å²) in [6.45, 7) is 7.51. The summed E-state index contributed by atoms with van der Waals surface area (Å²) >= 11 is 1.64. The number of carboxylic acid groups (broad SMARTS) is 2. The van der Waals surface area contributed by atoms with Crippen LogP contribution in [0.1, 0.15) is 61.8 Å². The molecule has 3 rings (SSSR count). The summed E-state index contributed by atoms with van der Waals surface area (Å²) in [4.78, 5) is 32.8. The molecule has 2 aromatic heterocycles. The monoisotopic (exact) mass is 513 g/mol. The number of thiophene rings is 1. The molecule has 1 saturated carbocycles. The SMILES string of the molecule is COCC(C)(C)N(C)Cc1nc(C)nc2sc(C3CCC(F)(F)CC3)cc12.O=C(O)/C=C/C(=O)O. The minimum absolute atomic E-state index is 0.0164. The van der Waals surface area contributed by atoms with Crippen LogP contribution in [0.25, 0.3) is 10.2 Å². The Morgan fingerprint density at radius 2 is 1.80 bits per heavy atom. The van der Waals surface area contributed by atoms with Crippen LogP contribution in [0.3, 0.4) is 0 Å². The Bertz CT molecular complexity index is 1040. The van der Waals surface area contributed by atoms with Crippen LogP contribution in [0.2, 0.25) is 0 Å². The lowest BCUT2D eigenvalue weighted by atomic mass is 9.86. The number of aryl methyl sites for hydroxylation is 1. The minimum Gasteiger partial charge on any atom is -0.478 e. The van der Waals surface area contributed by atoms with Crippen LogP contribution in [0.5, 0.6) is 0 Å². The molecule has 0 unspecified atom stereocenters. The molecular weight excluding hydrogens is 480 g/mol. The van der Waals surface area contributed by atoms with Crippen LogP contribution in [0, 0.1) is 6.92 Å². The maximum absolute atomic E-state index is 13.5. The smallest absolute Gasteiger partial charge is 0.328 e. The van der Waals surface area contributed by atoms with Gasteiger partial charge in [0.1, 0.15) is 10.7 Å². The number of aliphatic carboxylic acids is 2. The van der Waals surface area contributed by atoms with E-state index in [0.717, 1.165) is 21.7 Å². The van der Waals surface area contributed by atoms with Gasteiger partial charge in [-0.25, -0.2) is 28.3 Å². The first-order valence-corrected chi connectivity index (χ1v) is 12.0. The number of alkyl halides is 2. The van der Waals surface area contributed by atoms with E-state index in [-0.39, 0.29) is 24.3 Å². The lowest BCUT2D eigenvalue weighted by Gasteiger charge is -2.34. The molecule has 2 aromatic rings. The van der Waals surface area contributed by atoms with E-state index < -0.39 is 17.9 Å². The Morgan fingerprint density at radius 1 is 1.23 bits per heavy atom. The summed E-state index contributed by atoms with van der Waals surface area (Å²) in [5.74, 6) is -4.05. The molecule has 1 aliphatic carbocycles. The van der Waals surface area contributed by atoms with Crippen LogP contribution in [-0.2, 0) is 20.9 Å². The summed E-state index contributed by atoms with van der Waals surface area (Å²) in [5.41, 5.74) is 0.876. The first-order valence-electron chi connectivity index (χ1n) is 11.2. The Kier molecular flexibility index (Phi) is 9.82. The van der Waals surface area contributed by atoms with Gasteiger partial charge < -0.3 is 14.9 Å². The summed E-state index contributed by atoms with van der Waals surface area (Å²) < 4.78 is 32.3. The first-order chi connectivity index (χ1) is 16.2. The highest BCUT2D eigenvalue weighted by atomic mass is 32.1. The van der Waals surface area contributed by atoms with E-state index >= 15 is 0 Å². The third-order valence-electron chi connectivity index (χ3n) is 6.01. The van der Waals surface area contributed by atoms with E-state index in [9.17, 15) is 18.4 Å². The molecule has 1 fully saturated rings. The van der Waals surface area contributed by atoms with Gasteiger partial charge in [0.2, 0.25) is 5.92 Å². The molecule has 11 heteroatoms. The number of halogens is 2. The molecule has 0 saturated heterocycles. The highest BCUT2D eigenvalue weighted by Crippen LogP contribution is 2.44. The van der Waals surface area contributed by atoms with Crippen molar-refractivity contribution in [3.63, 3.8) is 0 Å². The van der Waals surface area contributed by atoms with Gasteiger partial charge in [0.15, 0.2) is 0 Å². The average Bonchev–Trinajstić information content (AvgIpc) is 3.16. The van der Waals surface area contributed by atoms with Gasteiger partial charge in [0.25, 0.3) is 0 Å². The van der Waals surface area contributed by atoms with Crippen molar-refractivity contribution in [3.05, 3.63) is 34.6 Å². The third kappa shape index (κ3) is 8.59. The standard InChI is InChI=1S/C20H29F2N3OS.C4H4O4/c1-13-23-16(11-25(4)19(2,3)12-26-5)15-10-17(27-18(15)24-13)14-6-8-20(21,22)9-7-14;5-3(6)1-2-4(7)8/h10,14H,6-9,11-12H2,1-5H3;1-2H,(H,5,6)(H,7,8)/b;2-1+. The number of rotatable bonds is 8. The zero-order valence-electron chi connectivity index (χ0n) is 20.7. The Balaban J connectivity index is 0.000000466. The highest BCUT2D eigenvalue weighted by Gasteiger charge is 2.36. The van der Waals surface area contributed by atoms with Gasteiger partial charge in [-0.05, 0) is 52.6 Å². The molecule has 35 heavy (non-hydrogen) atoms. The van der Waals surface area contributed by atoms with Gasteiger partial charge in [-0.1, -0.05) is 0 Å². The van der Waals surface area contributed by atoms with E-state index in [1.54, 1.807) is 18.4 Å². The highest BCUT2D eigenvalue weighted by molar-refractivity contribution is 7.18. The number of fused-ring (bicyclic) bond motifs is 1. The van der Waals surface area contributed by atoms with Crippen molar-refractivity contribution in [2.45, 2.75) is 70.4 Å². The Labute approximate surface area is 207 Å². The molecule has 0 amide bonds. The molecule has 0 aromatic carbocycles. The van der Waals surface area contributed by atoms with Crippen LogP contribution in [-0.4, -0.2) is 69.2 Å². The maximum atomic E-state index is 13.5. The molecule has 0 radical (unpaired) electrons. The van der Waals surface area contributed by atoms with Gasteiger partial charge in [-0.3, -0.25) is 4.90 Å². The van der Waals surface area contributed by atoms with Crippen molar-refractivity contribution in [2.24, 2.45) is 0 Å². The number of aromatic nitrogens is 2. The van der Waals surface area contributed by atoms with E-state index in [1.165, 1.54) is 4.88 Å². The molecule has 0 aliphatic heterocycles. The second-order valence-corrected chi connectivity index (χ2v) is 10.4. The van der Waals surface area contributed by atoms with E-state index in [0.29, 0.717) is 38.1 Å². The third-order valence-corrected chi connectivity index (χ3v) is 7.20. The number of nitrogens with zero attached hydrogens (tertiary/aromatic N) is 3. The van der Waals surface area contributed by atoms with Gasteiger partial charge in [0, 0.05) is 54.5 Å². The number of carboxylic acids is 2. The molecule has 194 valence electrons. The van der Waals surface area contributed by atoms with Crippen molar-refractivity contribution in [2.75, 3.05) is 20.8 Å². The molecular formula is C24H33F2N3O5S. The summed E-state index contributed by atoms with van der Waals surface area (Å²) in [7, 11) is 3.78. The van der Waals surface area contributed by atoms with Gasteiger partial charge in [0.05, 0.1) is 12.3 Å². The summed E-state index contributed by atoms with van der Waals surface area (Å²) in [5, 5.41) is 16.7. The van der Waals surface area contributed by atoms with Crippen molar-refractivity contribution in [1.82, 2.24) is 14.9 Å². The number of hydrogen-bond acceptors (Lipinski definition) is 7. The Morgan fingerprint density at radius 3 is 2.31 bits per heavy atom. The number of likely N-dealkylation sites (N-methyl/N-ethyl adjacent to an activating group) is 1. The van der Waals surface area contributed by atoms with Gasteiger partial charge in [-0.2, -0.15) is 0 Å². The van der Waals surface area contributed by atoms with Crippen molar-refractivity contribution >= 4 is 33.5 Å². The topological polar surface area (TPSA) is 113 Å². The fraction of sp³-hybridized carbons (Fsp3) is 0.583. The zero-order chi connectivity index (χ0) is 26.4. The van der Waals surface area contributed by atoms with Crippen LogP contribution in [0.15, 0.2) is 18.2 Å². The fourth-order valence-electron chi connectivity index (χ4n) is 3.81. The van der Waals surface area contributed by atoms with Gasteiger partial charge >= 0.3 is 11.9 Å². The Hall–Kier alpha value is -2.50. The number of ether oxygens (including phenoxy) is 1. The van der Waals surface area contributed by atoms with E-state index in [4.69, 9.17) is 14.9 Å². The molecule has 1 aliphatic rings. The maximum Gasteiger partial charge on any atom is 0.328 e. The fourth-order valence-corrected chi connectivity index (χ4v) is 5.08. The average molecular weight is 514 g/mol. The van der Waals surface area contributed by atoms with Crippen LogP contribution < -0.4 is 0 Å². The predicted octanol–water partition coefficient (Wildman–Crippen LogP) is 4.86. The lowest BCUT2D eigenvalue weighted by molar-refractivity contribution is -0.134. The van der Waals surface area contributed by atoms with Crippen LogP contribution >= 0.6 is 11.3 Å².